The highest BCUT2D eigenvalue weighted by Gasteiger charge is 2.43. The Hall–Kier alpha value is -2.82. The van der Waals surface area contributed by atoms with Gasteiger partial charge in [0, 0.05) is 0 Å². The molecule has 0 aromatic heterocycles. The Bertz CT molecular complexity index is 1180. The third-order valence-electron chi connectivity index (χ3n) is 5.67. The summed E-state index contributed by atoms with van der Waals surface area (Å²) in [6, 6.07) is 10.7. The molecule has 196 valence electrons. The van der Waals surface area contributed by atoms with Crippen molar-refractivity contribution in [2.75, 3.05) is 6.54 Å². The molecular formula is C21H31BN6O7S. The van der Waals surface area contributed by atoms with Crippen LogP contribution < -0.4 is 20.8 Å². The van der Waals surface area contributed by atoms with E-state index < -0.39 is 46.4 Å². The lowest BCUT2D eigenvalue weighted by Gasteiger charge is -2.24. The minimum absolute atomic E-state index is 0.0122. The molecule has 0 spiro atoms. The van der Waals surface area contributed by atoms with Gasteiger partial charge < -0.3 is 15.4 Å². The summed E-state index contributed by atoms with van der Waals surface area (Å²) in [6.45, 7) is 3.97. The van der Waals surface area contributed by atoms with Crippen molar-refractivity contribution in [1.29, 1.82) is 0 Å². The van der Waals surface area contributed by atoms with Gasteiger partial charge in [0.25, 0.3) is 0 Å². The molecule has 1 unspecified atom stereocenters. The Kier molecular flexibility index (Phi) is 9.21. The minimum atomic E-state index is -4.10. The fourth-order valence-corrected chi connectivity index (χ4v) is 5.06. The van der Waals surface area contributed by atoms with E-state index in [1.165, 1.54) is 12.1 Å². The van der Waals surface area contributed by atoms with Crippen molar-refractivity contribution >= 4 is 33.8 Å². The number of nitrogens with zero attached hydrogens (tertiary/aromatic N) is 2. The molecule has 1 heterocycles. The predicted molar refractivity (Wildman–Crippen MR) is 133 cm³/mol. The second-order valence-corrected chi connectivity index (χ2v) is 10.8. The van der Waals surface area contributed by atoms with Gasteiger partial charge in [0.15, 0.2) is 5.03 Å². The topological polar surface area (TPSA) is 196 Å². The smallest absolute Gasteiger partial charge is 0.426 e. The van der Waals surface area contributed by atoms with E-state index >= 15 is 0 Å². The Morgan fingerprint density at radius 3 is 2.53 bits per heavy atom. The largest absolute Gasteiger partial charge is 0.475 e. The van der Waals surface area contributed by atoms with Crippen LogP contribution >= 0.6 is 0 Å². The van der Waals surface area contributed by atoms with Crippen LogP contribution in [0.2, 0.25) is 0 Å². The van der Waals surface area contributed by atoms with Crippen molar-refractivity contribution in [2.45, 2.75) is 56.3 Å². The van der Waals surface area contributed by atoms with Gasteiger partial charge in [-0.2, -0.15) is 4.72 Å². The number of benzene rings is 2. The highest BCUT2D eigenvalue weighted by atomic mass is 32.2. The van der Waals surface area contributed by atoms with Gasteiger partial charge in [-0.3, -0.25) is 10.1 Å². The van der Waals surface area contributed by atoms with Crippen LogP contribution in [0.15, 0.2) is 47.4 Å². The second-order valence-electron chi connectivity index (χ2n) is 9.05. The number of carbonyl (C=O) groups excluding carboxylic acids is 1. The maximum absolute atomic E-state index is 13.2. The van der Waals surface area contributed by atoms with Gasteiger partial charge in [-0.05, 0) is 59.7 Å². The van der Waals surface area contributed by atoms with Crippen LogP contribution in [0.1, 0.15) is 33.1 Å². The molecule has 3 atom stereocenters. The van der Waals surface area contributed by atoms with E-state index in [2.05, 4.69) is 20.8 Å². The Morgan fingerprint density at radius 1 is 1.22 bits per heavy atom. The fraction of sp³-hybridized carbons (Fsp3) is 0.476. The Labute approximate surface area is 209 Å². The first-order chi connectivity index (χ1) is 17.0. The molecular weight excluding hydrogens is 491 g/mol. The van der Waals surface area contributed by atoms with Crippen molar-refractivity contribution in [1.82, 2.24) is 25.9 Å². The molecule has 0 bridgehead atoms. The van der Waals surface area contributed by atoms with Crippen LogP contribution in [0.3, 0.4) is 0 Å². The van der Waals surface area contributed by atoms with Gasteiger partial charge in [-0.15, -0.1) is 5.43 Å². The molecule has 1 amide bonds. The van der Waals surface area contributed by atoms with Gasteiger partial charge in [0.1, 0.15) is 6.04 Å². The van der Waals surface area contributed by atoms with Crippen LogP contribution in [-0.2, 0) is 14.8 Å². The zero-order valence-corrected chi connectivity index (χ0v) is 20.8. The molecule has 36 heavy (non-hydrogen) atoms. The summed E-state index contributed by atoms with van der Waals surface area (Å²) >= 11 is 0. The van der Waals surface area contributed by atoms with Crippen molar-refractivity contribution in [3.05, 3.63) is 52.6 Å². The van der Waals surface area contributed by atoms with E-state index in [-0.39, 0.29) is 30.2 Å². The number of nitrogens with one attached hydrogen (secondary N) is 4. The van der Waals surface area contributed by atoms with E-state index in [1.807, 2.05) is 26.0 Å². The number of nitro groups is 1. The SMILES string of the molecule is CC(C)C[C@H](NC(=O)[C@H](CCCNC1NN1[N+](=O)[O-])NS(=O)(=O)c1ccc2ccccc2c1)B(O)O. The highest BCUT2D eigenvalue weighted by molar-refractivity contribution is 7.89. The van der Waals surface area contributed by atoms with Crippen molar-refractivity contribution in [2.24, 2.45) is 5.92 Å². The lowest BCUT2D eigenvalue weighted by atomic mass is 9.75. The second kappa shape index (κ2) is 11.9. The fourth-order valence-electron chi connectivity index (χ4n) is 3.79. The molecule has 0 radical (unpaired) electrons. The average Bonchev–Trinajstić information content (AvgIpc) is 3.60. The molecule has 2 aromatic rings. The standard InChI is InChI=1S/C21H31BN6O7S/c1-14(2)12-19(22(30)31)24-20(29)18(8-5-11-23-21-25-27(21)28(32)33)26-36(34,35)17-10-9-15-6-3-4-7-16(15)13-17/h3-4,6-7,9-10,13-14,18-19,21,23,25-26,30-31H,5,8,11-12H2,1-2H3,(H,24,29)/t18-,19-,21?,27?/m0/s1. The summed E-state index contributed by atoms with van der Waals surface area (Å²) < 4.78 is 28.8. The van der Waals surface area contributed by atoms with E-state index in [4.69, 9.17) is 0 Å². The molecule has 13 nitrogen and oxygen atoms in total. The predicted octanol–water partition coefficient (Wildman–Crippen LogP) is -0.305. The lowest BCUT2D eigenvalue weighted by Crippen LogP contribution is -2.54. The summed E-state index contributed by atoms with van der Waals surface area (Å²) in [6.07, 6.45) is 0.00590. The quantitative estimate of drug-likeness (QED) is 0.0630. The average molecular weight is 522 g/mol. The number of hydrazine groups is 2. The van der Waals surface area contributed by atoms with Crippen LogP contribution in [0.4, 0.5) is 0 Å². The Balaban J connectivity index is 1.72. The van der Waals surface area contributed by atoms with Crippen molar-refractivity contribution in [3.63, 3.8) is 0 Å². The third kappa shape index (κ3) is 7.59. The molecule has 15 heteroatoms. The third-order valence-corrected chi connectivity index (χ3v) is 7.14. The lowest BCUT2D eigenvalue weighted by molar-refractivity contribution is -0.627. The van der Waals surface area contributed by atoms with Gasteiger partial charge in [-0.1, -0.05) is 44.2 Å². The normalized spacial score (nSPS) is 17.1. The number of rotatable bonds is 14. The van der Waals surface area contributed by atoms with Gasteiger partial charge in [0.2, 0.25) is 22.2 Å². The maximum atomic E-state index is 13.2. The van der Waals surface area contributed by atoms with E-state index in [9.17, 15) is 33.4 Å². The first-order valence-corrected chi connectivity index (χ1v) is 13.1. The van der Waals surface area contributed by atoms with Gasteiger partial charge in [0.05, 0.1) is 10.8 Å². The van der Waals surface area contributed by atoms with E-state index in [0.29, 0.717) is 6.42 Å². The van der Waals surface area contributed by atoms with Crippen LogP contribution in [-0.4, -0.2) is 66.5 Å². The summed E-state index contributed by atoms with van der Waals surface area (Å²) in [4.78, 5) is 23.7. The summed E-state index contributed by atoms with van der Waals surface area (Å²) in [5.74, 6) is -1.63. The molecule has 1 aliphatic heterocycles. The van der Waals surface area contributed by atoms with Gasteiger partial charge in [-0.25, -0.2) is 18.5 Å². The number of sulfonamides is 1. The van der Waals surface area contributed by atoms with Crippen LogP contribution in [0, 0.1) is 16.0 Å². The molecule has 0 aliphatic carbocycles. The summed E-state index contributed by atoms with van der Waals surface area (Å²) in [5.41, 5.74) is 2.49. The number of amides is 1. The zero-order chi connectivity index (χ0) is 26.5. The number of hydrogen-bond donors (Lipinski definition) is 6. The Morgan fingerprint density at radius 2 is 1.92 bits per heavy atom. The van der Waals surface area contributed by atoms with E-state index in [1.54, 1.807) is 18.2 Å². The molecule has 2 aromatic carbocycles. The number of carbonyl (C=O) groups is 1. The van der Waals surface area contributed by atoms with Crippen molar-refractivity contribution < 1.29 is 28.3 Å². The van der Waals surface area contributed by atoms with E-state index in [0.717, 1.165) is 15.9 Å². The zero-order valence-electron chi connectivity index (χ0n) is 20.0. The summed E-state index contributed by atoms with van der Waals surface area (Å²) in [5, 5.41) is 37.2. The molecule has 1 aliphatic rings. The molecule has 0 saturated carbocycles. The number of fused-ring (bicyclic) bond motifs is 1. The highest BCUT2D eigenvalue weighted by Crippen LogP contribution is 2.20. The number of hydrogen-bond acceptors (Lipinski definition) is 9. The maximum Gasteiger partial charge on any atom is 0.475 e. The monoisotopic (exact) mass is 522 g/mol. The van der Waals surface area contributed by atoms with Crippen LogP contribution in [0.5, 0.6) is 0 Å². The minimum Gasteiger partial charge on any atom is -0.426 e. The first-order valence-electron chi connectivity index (χ1n) is 11.6. The molecule has 3 rings (SSSR count). The molecule has 6 N–H and O–H groups in total. The summed E-state index contributed by atoms with van der Waals surface area (Å²) in [7, 11) is -5.92. The van der Waals surface area contributed by atoms with Gasteiger partial charge >= 0.3 is 7.12 Å². The van der Waals surface area contributed by atoms with Crippen LogP contribution in [0.25, 0.3) is 10.8 Å². The molecule has 1 saturated heterocycles. The van der Waals surface area contributed by atoms with Crippen molar-refractivity contribution in [3.8, 4) is 0 Å². The first kappa shape index (κ1) is 27.8. The molecule has 1 fully saturated rings.